The number of thioether (sulfide) groups is 1. The highest BCUT2D eigenvalue weighted by atomic mass is 32.2. The van der Waals surface area contributed by atoms with Gasteiger partial charge in [-0.25, -0.2) is 14.8 Å². The summed E-state index contributed by atoms with van der Waals surface area (Å²) in [5.74, 6) is 0.568. The van der Waals surface area contributed by atoms with Gasteiger partial charge in [-0.15, -0.1) is 11.8 Å². The summed E-state index contributed by atoms with van der Waals surface area (Å²) in [6.07, 6.45) is 6.99. The van der Waals surface area contributed by atoms with Gasteiger partial charge in [0.05, 0.1) is 12.5 Å². The number of methoxy groups -OCH3 is 1. The molecule has 1 unspecified atom stereocenters. The van der Waals surface area contributed by atoms with E-state index < -0.39 is 4.87 Å². The monoisotopic (exact) mass is 292 g/mol. The number of carbonyl (C=O) groups is 1. The van der Waals surface area contributed by atoms with E-state index >= 15 is 0 Å². The van der Waals surface area contributed by atoms with Crippen molar-refractivity contribution in [2.24, 2.45) is 0 Å². The lowest BCUT2D eigenvalue weighted by Crippen LogP contribution is -2.49. The molecule has 3 heterocycles. The van der Waals surface area contributed by atoms with Crippen LogP contribution in [0, 0.1) is 0 Å². The van der Waals surface area contributed by atoms with Crippen LogP contribution in [0.2, 0.25) is 0 Å². The number of carbonyl (C=O) groups excluding carboxylic acids is 1. The molecule has 0 spiro atoms. The van der Waals surface area contributed by atoms with Crippen LogP contribution in [-0.4, -0.2) is 45.7 Å². The Bertz CT molecular complexity index is 644. The molecule has 0 aliphatic carbocycles. The van der Waals surface area contributed by atoms with Crippen LogP contribution >= 0.6 is 11.8 Å². The van der Waals surface area contributed by atoms with E-state index in [0.717, 1.165) is 36.2 Å². The molecule has 106 valence electrons. The van der Waals surface area contributed by atoms with E-state index in [9.17, 15) is 4.79 Å². The van der Waals surface area contributed by atoms with Crippen LogP contribution in [0.3, 0.4) is 0 Å². The van der Waals surface area contributed by atoms with Crippen molar-refractivity contribution in [1.29, 1.82) is 0 Å². The second-order valence-corrected chi connectivity index (χ2v) is 5.76. The van der Waals surface area contributed by atoms with Gasteiger partial charge in [0, 0.05) is 12.7 Å². The van der Waals surface area contributed by atoms with Crippen LogP contribution in [0.4, 0.5) is 5.82 Å². The molecule has 7 heteroatoms. The number of rotatable bonds is 3. The lowest BCUT2D eigenvalue weighted by Gasteiger charge is -2.35. The third kappa shape index (κ3) is 1.76. The molecule has 1 atom stereocenters. The van der Waals surface area contributed by atoms with Crippen molar-refractivity contribution in [1.82, 2.24) is 15.0 Å². The number of H-pyrrole nitrogens is 1. The molecule has 0 aromatic carbocycles. The van der Waals surface area contributed by atoms with Crippen molar-refractivity contribution in [2.75, 3.05) is 24.8 Å². The zero-order valence-corrected chi connectivity index (χ0v) is 12.2. The molecule has 1 aliphatic rings. The Morgan fingerprint density at radius 2 is 2.40 bits per heavy atom. The molecule has 2 aromatic rings. The quantitative estimate of drug-likeness (QED) is 0.870. The largest absolute Gasteiger partial charge is 0.467 e. The second kappa shape index (κ2) is 4.97. The highest BCUT2D eigenvalue weighted by molar-refractivity contribution is 8.00. The van der Waals surface area contributed by atoms with Crippen molar-refractivity contribution >= 4 is 34.6 Å². The van der Waals surface area contributed by atoms with Gasteiger partial charge in [0.15, 0.2) is 4.87 Å². The summed E-state index contributed by atoms with van der Waals surface area (Å²) in [6, 6.07) is 1.94. The minimum atomic E-state index is -0.687. The fourth-order valence-corrected chi connectivity index (χ4v) is 3.81. The lowest BCUT2D eigenvalue weighted by molar-refractivity contribution is -0.143. The first-order valence-electron chi connectivity index (χ1n) is 6.42. The number of hydrogen-bond donors (Lipinski definition) is 1. The maximum Gasteiger partial charge on any atom is 0.342 e. The Morgan fingerprint density at radius 3 is 3.15 bits per heavy atom. The third-order valence-corrected chi connectivity index (χ3v) is 5.03. The van der Waals surface area contributed by atoms with E-state index in [2.05, 4.69) is 15.0 Å². The van der Waals surface area contributed by atoms with E-state index in [0.29, 0.717) is 0 Å². The van der Waals surface area contributed by atoms with E-state index in [1.54, 1.807) is 0 Å². The highest BCUT2D eigenvalue weighted by Crippen LogP contribution is 2.43. The predicted molar refractivity (Wildman–Crippen MR) is 78.7 cm³/mol. The van der Waals surface area contributed by atoms with Gasteiger partial charge < -0.3 is 14.6 Å². The minimum Gasteiger partial charge on any atom is -0.467 e. The summed E-state index contributed by atoms with van der Waals surface area (Å²) in [5.41, 5.74) is 0.779. The number of aromatic amines is 1. The molecule has 3 rings (SSSR count). The number of fused-ring (bicyclic) bond motifs is 1. The maximum absolute atomic E-state index is 12.3. The first kappa shape index (κ1) is 13.2. The Kier molecular flexibility index (Phi) is 3.29. The van der Waals surface area contributed by atoms with Crippen LogP contribution in [-0.2, 0) is 9.53 Å². The van der Waals surface area contributed by atoms with Gasteiger partial charge in [-0.2, -0.15) is 0 Å². The number of anilines is 1. The zero-order chi connectivity index (χ0) is 14.2. The van der Waals surface area contributed by atoms with Gasteiger partial charge in [0.2, 0.25) is 0 Å². The fourth-order valence-electron chi connectivity index (χ4n) is 2.81. The number of hydrogen-bond acceptors (Lipinski definition) is 6. The van der Waals surface area contributed by atoms with E-state index in [-0.39, 0.29) is 5.97 Å². The second-order valence-electron chi connectivity index (χ2n) is 4.67. The maximum atomic E-state index is 12.3. The van der Waals surface area contributed by atoms with Gasteiger partial charge in [0.1, 0.15) is 17.8 Å². The van der Waals surface area contributed by atoms with Crippen LogP contribution < -0.4 is 4.90 Å². The van der Waals surface area contributed by atoms with Crippen molar-refractivity contribution in [3.8, 4) is 0 Å². The zero-order valence-electron chi connectivity index (χ0n) is 11.4. The molecule has 1 N–H and O–H groups in total. The number of aromatic nitrogens is 3. The molecule has 1 fully saturated rings. The summed E-state index contributed by atoms with van der Waals surface area (Å²) in [6.45, 7) is 0.785. The SMILES string of the molecule is COC(=O)C1(SC)CCCN1c1ncnc2[nH]ccc12. The van der Waals surface area contributed by atoms with Crippen molar-refractivity contribution < 1.29 is 9.53 Å². The average Bonchev–Trinajstić information content (AvgIpc) is 3.12. The average molecular weight is 292 g/mol. The van der Waals surface area contributed by atoms with Crippen LogP contribution in [0.5, 0.6) is 0 Å². The van der Waals surface area contributed by atoms with Crippen LogP contribution in [0.25, 0.3) is 11.0 Å². The molecular formula is C13H16N4O2S. The number of nitrogens with one attached hydrogen (secondary N) is 1. The van der Waals surface area contributed by atoms with Crippen molar-refractivity contribution in [3.63, 3.8) is 0 Å². The molecule has 0 bridgehead atoms. The van der Waals surface area contributed by atoms with Gasteiger partial charge >= 0.3 is 5.97 Å². The van der Waals surface area contributed by atoms with Gasteiger partial charge in [-0.3, -0.25) is 0 Å². The van der Waals surface area contributed by atoms with Crippen LogP contribution in [0.1, 0.15) is 12.8 Å². The van der Waals surface area contributed by atoms with E-state index in [1.165, 1.54) is 25.2 Å². The fraction of sp³-hybridized carbons (Fsp3) is 0.462. The Morgan fingerprint density at radius 1 is 1.55 bits per heavy atom. The van der Waals surface area contributed by atoms with Gasteiger partial charge in [0.25, 0.3) is 0 Å². The molecule has 2 aromatic heterocycles. The summed E-state index contributed by atoms with van der Waals surface area (Å²) in [5, 5.41) is 0.928. The Balaban J connectivity index is 2.12. The first-order valence-corrected chi connectivity index (χ1v) is 7.64. The Hall–Kier alpha value is -1.76. The summed E-state index contributed by atoms with van der Waals surface area (Å²) < 4.78 is 5.02. The standard InChI is InChI=1S/C13H16N4O2S/c1-19-12(18)13(20-2)5-3-7-17(13)11-9-4-6-14-10(9)15-8-16-11/h4,6,8H,3,5,7H2,1-2H3,(H,14,15,16). The summed E-state index contributed by atoms with van der Waals surface area (Å²) >= 11 is 1.51. The molecule has 20 heavy (non-hydrogen) atoms. The third-order valence-electron chi connectivity index (χ3n) is 3.76. The smallest absolute Gasteiger partial charge is 0.342 e. The highest BCUT2D eigenvalue weighted by Gasteiger charge is 2.49. The van der Waals surface area contributed by atoms with Crippen molar-refractivity contribution in [3.05, 3.63) is 18.6 Å². The summed E-state index contributed by atoms with van der Waals surface area (Å²) in [4.78, 5) is 25.3. The van der Waals surface area contributed by atoms with Crippen molar-refractivity contribution in [2.45, 2.75) is 17.7 Å². The molecule has 1 saturated heterocycles. The van der Waals surface area contributed by atoms with E-state index in [4.69, 9.17) is 4.74 Å². The predicted octanol–water partition coefficient (Wildman–Crippen LogP) is 1.79. The molecule has 0 amide bonds. The molecular weight excluding hydrogens is 276 g/mol. The number of esters is 1. The minimum absolute atomic E-state index is 0.218. The summed E-state index contributed by atoms with van der Waals surface area (Å²) in [7, 11) is 1.43. The molecule has 1 aliphatic heterocycles. The molecule has 6 nitrogen and oxygen atoms in total. The lowest BCUT2D eigenvalue weighted by atomic mass is 10.2. The normalized spacial score (nSPS) is 22.4. The first-order chi connectivity index (χ1) is 9.73. The van der Waals surface area contributed by atoms with Crippen LogP contribution in [0.15, 0.2) is 18.6 Å². The topological polar surface area (TPSA) is 71.1 Å². The van der Waals surface area contributed by atoms with Gasteiger partial charge in [-0.1, -0.05) is 0 Å². The Labute approximate surface area is 120 Å². The van der Waals surface area contributed by atoms with Gasteiger partial charge in [-0.05, 0) is 25.2 Å². The van der Waals surface area contributed by atoms with E-state index in [1.807, 2.05) is 23.4 Å². The number of nitrogens with zero attached hydrogens (tertiary/aromatic N) is 3. The molecule has 0 radical (unpaired) electrons. The number of ether oxygens (including phenoxy) is 1. The molecule has 0 saturated carbocycles.